The molecule has 9 fully saturated rings. The van der Waals surface area contributed by atoms with Crippen LogP contribution in [0.15, 0.2) is 0 Å². The summed E-state index contributed by atoms with van der Waals surface area (Å²) >= 11 is 0. The Kier molecular flexibility index (Phi) is 10.2. The molecule has 7 nitrogen and oxygen atoms in total. The van der Waals surface area contributed by atoms with E-state index < -0.39 is 0 Å². The lowest BCUT2D eigenvalue weighted by molar-refractivity contribution is -0.0259. The Morgan fingerprint density at radius 3 is 1.29 bits per heavy atom. The van der Waals surface area contributed by atoms with Crippen molar-refractivity contribution in [1.29, 1.82) is 0 Å². The minimum atomic E-state index is 0.567. The number of hydrogen-bond donors (Lipinski definition) is 6. The second kappa shape index (κ2) is 14.5. The van der Waals surface area contributed by atoms with Gasteiger partial charge in [-0.15, -0.1) is 0 Å². The Morgan fingerprint density at radius 1 is 0.429 bits per heavy atom. The summed E-state index contributed by atoms with van der Waals surface area (Å²) in [5, 5.41) is 7.94. The number of rotatable bonds is 4. The number of ether oxygens (including phenoxy) is 1. The van der Waals surface area contributed by atoms with Crippen LogP contribution in [0.25, 0.3) is 0 Å². The van der Waals surface area contributed by atoms with E-state index in [2.05, 4.69) is 60.0 Å². The lowest BCUT2D eigenvalue weighted by Crippen LogP contribution is -2.68. The van der Waals surface area contributed by atoms with Crippen molar-refractivity contribution in [2.24, 2.45) is 82.9 Å². The lowest BCUT2D eigenvalue weighted by Gasteiger charge is -2.53. The molecular weight excluding hydrogens is 605 g/mol. The zero-order valence-corrected chi connectivity index (χ0v) is 31.7. The first kappa shape index (κ1) is 34.5. The van der Waals surface area contributed by atoms with Crippen LogP contribution in [0, 0.1) is 82.9 Å². The summed E-state index contributed by atoms with van der Waals surface area (Å²) in [6.07, 6.45) is 20.9. The third-order valence-corrected chi connectivity index (χ3v) is 17.5. The number of hydrogen-bond acceptors (Lipinski definition) is 7. The zero-order valence-electron chi connectivity index (χ0n) is 31.7. The minimum Gasteiger partial charge on any atom is -0.374 e. The van der Waals surface area contributed by atoms with Crippen LogP contribution in [-0.2, 0) is 4.74 Å². The smallest absolute Gasteiger partial charge is 0.0611 e. The summed E-state index contributed by atoms with van der Waals surface area (Å²) in [6, 6.07) is 2.49. The molecule has 278 valence electrons. The van der Waals surface area contributed by atoms with Crippen molar-refractivity contribution in [3.63, 3.8) is 0 Å². The van der Waals surface area contributed by atoms with Crippen molar-refractivity contribution >= 4 is 0 Å². The van der Waals surface area contributed by atoms with Gasteiger partial charge in [0.1, 0.15) is 0 Å². The summed E-state index contributed by atoms with van der Waals surface area (Å²) in [4.78, 5) is 0. The van der Waals surface area contributed by atoms with E-state index in [0.29, 0.717) is 36.4 Å². The predicted octanol–water partition coefficient (Wildman–Crippen LogP) is 5.87. The summed E-state index contributed by atoms with van der Waals surface area (Å²) in [5.41, 5.74) is 15.0. The van der Waals surface area contributed by atoms with E-state index in [4.69, 9.17) is 4.74 Å². The fourth-order valence-electron chi connectivity index (χ4n) is 15.5. The number of nitrogens with one attached hydrogen (secondary N) is 6. The van der Waals surface area contributed by atoms with E-state index in [1.54, 1.807) is 0 Å². The normalized spacial score (nSPS) is 56.6. The molecule has 5 aliphatic heterocycles. The molecule has 4 aliphatic carbocycles. The molecule has 5 saturated heterocycles. The highest BCUT2D eigenvalue weighted by atomic mass is 16.5. The molecule has 7 heteroatoms. The first-order chi connectivity index (χ1) is 23.9. The van der Waals surface area contributed by atoms with Gasteiger partial charge in [-0.05, 0) is 186 Å². The highest BCUT2D eigenvalue weighted by molar-refractivity contribution is 5.05. The molecule has 5 heterocycles. The monoisotopic (exact) mass is 679 g/mol. The fourth-order valence-corrected chi connectivity index (χ4v) is 15.5. The first-order valence-corrected chi connectivity index (χ1v) is 22.0. The van der Waals surface area contributed by atoms with Crippen molar-refractivity contribution in [1.82, 2.24) is 32.3 Å². The van der Waals surface area contributed by atoms with Crippen LogP contribution in [0.3, 0.4) is 0 Å². The maximum absolute atomic E-state index is 6.97. The largest absolute Gasteiger partial charge is 0.374 e. The van der Waals surface area contributed by atoms with E-state index in [9.17, 15) is 0 Å². The van der Waals surface area contributed by atoms with Crippen LogP contribution in [0.5, 0.6) is 0 Å². The van der Waals surface area contributed by atoms with Gasteiger partial charge in [-0.3, -0.25) is 21.7 Å². The molecule has 0 bridgehead atoms. The molecule has 16 atom stereocenters. The average molecular weight is 679 g/mol. The maximum Gasteiger partial charge on any atom is 0.0611 e. The van der Waals surface area contributed by atoms with Gasteiger partial charge in [-0.25, -0.2) is 0 Å². The van der Waals surface area contributed by atoms with Crippen molar-refractivity contribution in [3.8, 4) is 0 Å². The van der Waals surface area contributed by atoms with Crippen LogP contribution in [0.4, 0.5) is 0 Å². The summed E-state index contributed by atoms with van der Waals surface area (Å²) in [6.45, 7) is 15.2. The Morgan fingerprint density at radius 2 is 0.857 bits per heavy atom. The maximum atomic E-state index is 6.97. The van der Waals surface area contributed by atoms with E-state index in [0.717, 1.165) is 95.9 Å². The number of hydrazine groups is 2. The van der Waals surface area contributed by atoms with Crippen molar-refractivity contribution in [2.45, 2.75) is 154 Å². The van der Waals surface area contributed by atoms with Crippen LogP contribution < -0.4 is 32.3 Å². The molecule has 9 aliphatic rings. The molecule has 0 spiro atoms. The Hall–Kier alpha value is -0.280. The minimum absolute atomic E-state index is 0.567. The Bertz CT molecular complexity index is 1010. The quantitative estimate of drug-likeness (QED) is 0.222. The van der Waals surface area contributed by atoms with Gasteiger partial charge in [0.2, 0.25) is 0 Å². The van der Waals surface area contributed by atoms with Crippen LogP contribution >= 0.6 is 0 Å². The van der Waals surface area contributed by atoms with Crippen molar-refractivity contribution in [2.75, 3.05) is 26.2 Å². The second-order valence-electron chi connectivity index (χ2n) is 20.1. The first-order valence-electron chi connectivity index (χ1n) is 22.0. The number of piperidine rings is 2. The average Bonchev–Trinajstić information content (AvgIpc) is 3.48. The van der Waals surface area contributed by atoms with Gasteiger partial charge in [-0.1, -0.05) is 27.7 Å². The fraction of sp³-hybridized carbons (Fsp3) is 1.00. The standard InChI is InChI=1S/C42H74N6O/c1-23-15-31(16-24(2)37(23)41-39-29(21-45-47-41)7-5-13-43-39)27-9-11-35-33(19-27)34-20-28(10-12-36(34)49-35)32-17-25(3)38(26(4)18-32)42-40-30(22-46-48-42)8-6-14-44-40/h23-48H,5-22H2,1-4H3. The van der Waals surface area contributed by atoms with E-state index in [-0.39, 0.29) is 0 Å². The molecule has 0 amide bonds. The van der Waals surface area contributed by atoms with E-state index in [1.807, 2.05) is 0 Å². The Labute approximate surface area is 299 Å². The molecule has 0 aromatic heterocycles. The number of fused-ring (bicyclic) bond motifs is 5. The molecule has 4 saturated carbocycles. The third kappa shape index (κ3) is 6.52. The van der Waals surface area contributed by atoms with E-state index >= 15 is 0 Å². The molecule has 6 N–H and O–H groups in total. The van der Waals surface area contributed by atoms with Crippen LogP contribution in [0.1, 0.15) is 118 Å². The van der Waals surface area contributed by atoms with Crippen LogP contribution in [0.2, 0.25) is 0 Å². The van der Waals surface area contributed by atoms with Crippen molar-refractivity contribution in [3.05, 3.63) is 0 Å². The highest BCUT2D eigenvalue weighted by Crippen LogP contribution is 2.56. The Balaban J connectivity index is 0.822. The molecule has 0 aromatic rings. The topological polar surface area (TPSA) is 81.4 Å². The third-order valence-electron chi connectivity index (χ3n) is 17.5. The van der Waals surface area contributed by atoms with E-state index in [1.165, 1.54) is 103 Å². The molecule has 9 rings (SSSR count). The molecule has 49 heavy (non-hydrogen) atoms. The van der Waals surface area contributed by atoms with Crippen LogP contribution in [-0.4, -0.2) is 62.6 Å². The summed E-state index contributed by atoms with van der Waals surface area (Å²) < 4.78 is 6.97. The molecule has 16 unspecified atom stereocenters. The SMILES string of the molecule is CC1CC(C2CCC3OC4CCC(C5CC(C)C(C6NNCC7CCCNC76)C(C)C5)CC4C3C2)CC(C)C1C1NNCC2CCCNC21. The van der Waals surface area contributed by atoms with Gasteiger partial charge in [0.05, 0.1) is 12.2 Å². The van der Waals surface area contributed by atoms with Gasteiger partial charge < -0.3 is 15.4 Å². The summed E-state index contributed by atoms with van der Waals surface area (Å²) in [5.74, 6) is 11.8. The lowest BCUT2D eigenvalue weighted by atomic mass is 9.57. The molecular formula is C42H74N6O. The van der Waals surface area contributed by atoms with Gasteiger partial charge in [0.25, 0.3) is 0 Å². The van der Waals surface area contributed by atoms with Gasteiger partial charge in [-0.2, -0.15) is 0 Å². The van der Waals surface area contributed by atoms with Gasteiger partial charge in [0, 0.05) is 37.3 Å². The van der Waals surface area contributed by atoms with Gasteiger partial charge >= 0.3 is 0 Å². The molecule has 0 aromatic carbocycles. The van der Waals surface area contributed by atoms with Gasteiger partial charge in [0.15, 0.2) is 0 Å². The highest BCUT2D eigenvalue weighted by Gasteiger charge is 2.54. The zero-order chi connectivity index (χ0) is 33.2. The molecule has 0 radical (unpaired) electrons. The van der Waals surface area contributed by atoms with Crippen molar-refractivity contribution < 1.29 is 4.74 Å². The predicted molar refractivity (Wildman–Crippen MR) is 198 cm³/mol. The summed E-state index contributed by atoms with van der Waals surface area (Å²) in [7, 11) is 0. The second-order valence-corrected chi connectivity index (χ2v) is 20.1.